The number of thiophene rings is 1. The van der Waals surface area contributed by atoms with E-state index < -0.39 is 12.3 Å². The van der Waals surface area contributed by atoms with Crippen LogP contribution in [0, 0.1) is 0 Å². The van der Waals surface area contributed by atoms with E-state index in [2.05, 4.69) is 6.92 Å². The van der Waals surface area contributed by atoms with Crippen LogP contribution in [0.1, 0.15) is 46.1 Å². The fourth-order valence-electron chi connectivity index (χ4n) is 2.05. The van der Waals surface area contributed by atoms with Crippen molar-refractivity contribution in [2.75, 3.05) is 33.0 Å². The van der Waals surface area contributed by atoms with Crippen molar-refractivity contribution in [1.29, 1.82) is 0 Å². The number of unbranched alkanes of at least 4 members (excludes halogenated alkanes) is 1. The van der Waals surface area contributed by atoms with Gasteiger partial charge in [0, 0.05) is 25.2 Å². The molecule has 0 radical (unpaired) electrons. The largest absolute Gasteiger partial charge is 0.351 e. The van der Waals surface area contributed by atoms with Gasteiger partial charge in [0.2, 0.25) is 0 Å². The summed E-state index contributed by atoms with van der Waals surface area (Å²) in [6, 6.07) is 1.96. The van der Waals surface area contributed by atoms with E-state index in [-0.39, 0.29) is 6.61 Å². The quantitative estimate of drug-likeness (QED) is 0.374. The third-order valence-electron chi connectivity index (χ3n) is 3.11. The Kier molecular flexibility index (Phi) is 10.7. The lowest BCUT2D eigenvalue weighted by Gasteiger charge is -2.33. The predicted octanol–water partition coefficient (Wildman–Crippen LogP) is 4.13. The number of hydrogen-bond acceptors (Lipinski definition) is 6. The van der Waals surface area contributed by atoms with Crippen molar-refractivity contribution in [2.45, 2.75) is 52.8 Å². The molecule has 1 aromatic rings. The Morgan fingerprint density at radius 2 is 1.74 bits per heavy atom. The second-order valence-corrected chi connectivity index (χ2v) is 5.63. The third-order valence-corrected chi connectivity index (χ3v) is 3.80. The van der Waals surface area contributed by atoms with E-state index in [0.29, 0.717) is 26.4 Å². The molecule has 0 spiro atoms. The summed E-state index contributed by atoms with van der Waals surface area (Å²) in [6.45, 7) is 10.3. The van der Waals surface area contributed by atoms with Crippen molar-refractivity contribution in [3.63, 3.8) is 0 Å². The van der Waals surface area contributed by atoms with Crippen LogP contribution in [0.3, 0.4) is 0 Å². The van der Waals surface area contributed by atoms with Crippen LogP contribution in [0.4, 0.5) is 0 Å². The molecular weight excluding hydrogens is 316 g/mol. The zero-order valence-electron chi connectivity index (χ0n) is 14.7. The molecule has 0 fully saturated rings. The fourth-order valence-corrected chi connectivity index (χ4v) is 2.72. The smallest absolute Gasteiger partial charge is 0.312 e. The highest BCUT2D eigenvalue weighted by molar-refractivity contribution is 7.08. The zero-order chi connectivity index (χ0) is 17.0. The molecule has 0 amide bonds. The molecule has 0 N–H and O–H groups in total. The van der Waals surface area contributed by atoms with Gasteiger partial charge in [-0.2, -0.15) is 11.3 Å². The van der Waals surface area contributed by atoms with E-state index in [0.717, 1.165) is 18.4 Å². The maximum atomic E-state index is 6.04. The summed E-state index contributed by atoms with van der Waals surface area (Å²) in [5.74, 6) is -1.20. The van der Waals surface area contributed by atoms with Crippen molar-refractivity contribution in [3.8, 4) is 0 Å². The van der Waals surface area contributed by atoms with Crippen LogP contribution in [-0.2, 0) is 29.7 Å². The van der Waals surface area contributed by atoms with Gasteiger partial charge in [0.05, 0.1) is 12.2 Å². The Labute approximate surface area is 143 Å². The monoisotopic (exact) mass is 346 g/mol. The molecule has 0 saturated heterocycles. The van der Waals surface area contributed by atoms with Crippen molar-refractivity contribution in [1.82, 2.24) is 0 Å². The van der Waals surface area contributed by atoms with E-state index in [9.17, 15) is 0 Å². The zero-order valence-corrected chi connectivity index (χ0v) is 15.5. The molecular formula is C17H30O5S. The van der Waals surface area contributed by atoms with Gasteiger partial charge in [-0.15, -0.1) is 0 Å². The van der Waals surface area contributed by atoms with Crippen LogP contribution in [0.2, 0.25) is 0 Å². The molecule has 0 aliphatic carbocycles. The average Bonchev–Trinajstić information content (AvgIpc) is 3.08. The van der Waals surface area contributed by atoms with Crippen molar-refractivity contribution < 1.29 is 23.7 Å². The molecule has 0 aliphatic rings. The summed E-state index contributed by atoms with van der Waals surface area (Å²) >= 11 is 1.58. The molecule has 1 unspecified atom stereocenters. The summed E-state index contributed by atoms with van der Waals surface area (Å²) in [5.41, 5.74) is 0.868. The summed E-state index contributed by atoms with van der Waals surface area (Å²) in [6.07, 6.45) is 1.56. The Bertz CT molecular complexity index is 378. The lowest BCUT2D eigenvalue weighted by atomic mass is 10.3. The SMILES string of the molecule is CCCCOC(OCC)(OCC(OCC)OCC)c1ccsc1. The van der Waals surface area contributed by atoms with Gasteiger partial charge in [-0.1, -0.05) is 13.3 Å². The van der Waals surface area contributed by atoms with Gasteiger partial charge in [0.1, 0.15) is 6.61 Å². The van der Waals surface area contributed by atoms with Gasteiger partial charge >= 0.3 is 5.97 Å². The maximum absolute atomic E-state index is 6.04. The number of rotatable bonds is 14. The first-order valence-corrected chi connectivity index (χ1v) is 9.34. The standard InChI is InChI=1S/C17H30O5S/c1-5-9-11-21-17(20-8-4,15-10-12-23-14-15)22-13-16(18-6-2)19-7-3/h10,12,14,16H,5-9,11,13H2,1-4H3. The molecule has 1 aromatic heterocycles. The molecule has 1 rings (SSSR count). The van der Waals surface area contributed by atoms with Gasteiger partial charge in [0.15, 0.2) is 6.29 Å². The lowest BCUT2D eigenvalue weighted by molar-refractivity contribution is -0.403. The molecule has 5 nitrogen and oxygen atoms in total. The van der Waals surface area contributed by atoms with Crippen LogP contribution >= 0.6 is 11.3 Å². The highest BCUT2D eigenvalue weighted by Gasteiger charge is 2.37. The Balaban J connectivity index is 2.83. The van der Waals surface area contributed by atoms with Crippen LogP contribution in [0.15, 0.2) is 16.8 Å². The normalized spacial score (nSPS) is 14.3. The van der Waals surface area contributed by atoms with Gasteiger partial charge in [-0.25, -0.2) is 0 Å². The topological polar surface area (TPSA) is 46.2 Å². The molecule has 1 atom stereocenters. The summed E-state index contributed by atoms with van der Waals surface area (Å²) < 4.78 is 29.0. The second kappa shape index (κ2) is 11.9. The first-order chi connectivity index (χ1) is 11.2. The van der Waals surface area contributed by atoms with Crippen molar-refractivity contribution in [2.24, 2.45) is 0 Å². The predicted molar refractivity (Wildman–Crippen MR) is 91.5 cm³/mol. The molecule has 0 aliphatic heterocycles. The number of ether oxygens (including phenoxy) is 5. The van der Waals surface area contributed by atoms with Gasteiger partial charge in [0.25, 0.3) is 0 Å². The van der Waals surface area contributed by atoms with Gasteiger partial charge in [-0.3, -0.25) is 0 Å². The van der Waals surface area contributed by atoms with Crippen LogP contribution in [-0.4, -0.2) is 39.3 Å². The molecule has 23 heavy (non-hydrogen) atoms. The molecule has 0 saturated carbocycles. The minimum atomic E-state index is -1.20. The van der Waals surface area contributed by atoms with Crippen LogP contribution in [0.25, 0.3) is 0 Å². The highest BCUT2D eigenvalue weighted by Crippen LogP contribution is 2.31. The second-order valence-electron chi connectivity index (χ2n) is 4.85. The molecule has 0 bridgehead atoms. The van der Waals surface area contributed by atoms with Crippen LogP contribution < -0.4 is 0 Å². The summed E-state index contributed by atoms with van der Waals surface area (Å²) in [5, 5.41) is 3.97. The Morgan fingerprint density at radius 1 is 1.00 bits per heavy atom. The minimum absolute atomic E-state index is 0.240. The minimum Gasteiger partial charge on any atom is -0.351 e. The molecule has 6 heteroatoms. The lowest BCUT2D eigenvalue weighted by Crippen LogP contribution is -2.40. The maximum Gasteiger partial charge on any atom is 0.312 e. The van der Waals surface area contributed by atoms with E-state index in [4.69, 9.17) is 23.7 Å². The van der Waals surface area contributed by atoms with E-state index in [1.165, 1.54) is 0 Å². The fraction of sp³-hybridized carbons (Fsp3) is 0.765. The molecule has 1 heterocycles. The van der Waals surface area contributed by atoms with E-state index >= 15 is 0 Å². The van der Waals surface area contributed by atoms with Crippen molar-refractivity contribution in [3.05, 3.63) is 22.4 Å². The number of hydrogen-bond donors (Lipinski definition) is 0. The summed E-state index contributed by atoms with van der Waals surface area (Å²) in [4.78, 5) is 0. The van der Waals surface area contributed by atoms with E-state index in [1.54, 1.807) is 11.3 Å². The Morgan fingerprint density at radius 3 is 2.26 bits per heavy atom. The van der Waals surface area contributed by atoms with Gasteiger partial charge < -0.3 is 23.7 Å². The highest BCUT2D eigenvalue weighted by atomic mass is 32.1. The molecule has 0 aromatic carbocycles. The van der Waals surface area contributed by atoms with Crippen molar-refractivity contribution >= 4 is 11.3 Å². The Hall–Kier alpha value is -0.500. The first kappa shape index (κ1) is 20.5. The van der Waals surface area contributed by atoms with Gasteiger partial charge in [-0.05, 0) is 38.6 Å². The first-order valence-electron chi connectivity index (χ1n) is 8.40. The van der Waals surface area contributed by atoms with E-state index in [1.807, 2.05) is 37.6 Å². The van der Waals surface area contributed by atoms with Crippen LogP contribution in [0.5, 0.6) is 0 Å². The molecule has 134 valence electrons. The summed E-state index contributed by atoms with van der Waals surface area (Å²) in [7, 11) is 0. The third kappa shape index (κ3) is 6.87. The average molecular weight is 346 g/mol.